The van der Waals surface area contributed by atoms with Gasteiger partial charge in [-0.2, -0.15) is 0 Å². The Balaban J connectivity index is 1.78. The Morgan fingerprint density at radius 1 is 1.22 bits per heavy atom. The molecule has 3 nitrogen and oxygen atoms in total. The second-order valence-electron chi connectivity index (χ2n) is 6.34. The highest BCUT2D eigenvalue weighted by molar-refractivity contribution is 7.11. The quantitative estimate of drug-likeness (QED) is 0.587. The molecule has 3 aromatic rings. The van der Waals surface area contributed by atoms with Gasteiger partial charge in [-0.1, -0.05) is 43.0 Å². The summed E-state index contributed by atoms with van der Waals surface area (Å²) in [6, 6.07) is 14.1. The normalized spacial score (nSPS) is 15.7. The molecule has 0 saturated carbocycles. The largest absolute Gasteiger partial charge is 0.489 e. The van der Waals surface area contributed by atoms with E-state index >= 15 is 0 Å². The van der Waals surface area contributed by atoms with Crippen LogP contribution < -0.4 is 10.1 Å². The van der Waals surface area contributed by atoms with Gasteiger partial charge in [-0.3, -0.25) is 4.79 Å². The third kappa shape index (κ3) is 3.38. The van der Waals surface area contributed by atoms with Crippen molar-refractivity contribution in [3.8, 4) is 16.9 Å². The van der Waals surface area contributed by atoms with E-state index < -0.39 is 0 Å². The van der Waals surface area contributed by atoms with Crippen LogP contribution in [0.1, 0.15) is 22.8 Å². The molecule has 0 aliphatic carbocycles. The second-order valence-corrected chi connectivity index (χ2v) is 7.25. The van der Waals surface area contributed by atoms with Crippen LogP contribution in [0.25, 0.3) is 11.1 Å². The van der Waals surface area contributed by atoms with Crippen LogP contribution in [0.2, 0.25) is 0 Å². The van der Waals surface area contributed by atoms with Crippen molar-refractivity contribution in [3.63, 3.8) is 0 Å². The summed E-state index contributed by atoms with van der Waals surface area (Å²) >= 11 is 1.60. The summed E-state index contributed by atoms with van der Waals surface area (Å²) < 4.78 is 19.1. The number of benzene rings is 2. The molecule has 2 aromatic carbocycles. The van der Waals surface area contributed by atoms with Crippen LogP contribution in [0.5, 0.6) is 5.75 Å². The van der Waals surface area contributed by atoms with Gasteiger partial charge >= 0.3 is 0 Å². The van der Waals surface area contributed by atoms with Gasteiger partial charge in [0.1, 0.15) is 18.2 Å². The maximum atomic E-state index is 13.3. The molecule has 27 heavy (non-hydrogen) atoms. The minimum atomic E-state index is -0.280. The number of fused-ring (bicyclic) bond motifs is 1. The first-order valence-corrected chi connectivity index (χ1v) is 9.55. The zero-order valence-corrected chi connectivity index (χ0v) is 15.4. The Kier molecular flexibility index (Phi) is 4.77. The van der Waals surface area contributed by atoms with Crippen molar-refractivity contribution < 1.29 is 13.9 Å². The minimum absolute atomic E-state index is 0.0345. The van der Waals surface area contributed by atoms with Crippen molar-refractivity contribution in [2.45, 2.75) is 12.3 Å². The minimum Gasteiger partial charge on any atom is -0.489 e. The molecule has 1 amide bonds. The number of carbonyl (C=O) groups excluding carboxylic acids is 1. The molecule has 0 bridgehead atoms. The van der Waals surface area contributed by atoms with E-state index in [9.17, 15) is 9.18 Å². The fraction of sp³-hybridized carbons (Fsp3) is 0.136. The molecule has 5 heteroatoms. The Hall–Kier alpha value is -2.92. The van der Waals surface area contributed by atoms with E-state index in [4.69, 9.17) is 4.74 Å². The highest BCUT2D eigenvalue weighted by Crippen LogP contribution is 2.48. The van der Waals surface area contributed by atoms with Gasteiger partial charge in [0.25, 0.3) is 0 Å². The molecule has 2 heterocycles. The second kappa shape index (κ2) is 7.37. The number of para-hydroxylation sites is 1. The van der Waals surface area contributed by atoms with Crippen LogP contribution in [0.15, 0.2) is 66.6 Å². The molecular weight excluding hydrogens is 361 g/mol. The van der Waals surface area contributed by atoms with E-state index in [1.165, 1.54) is 12.1 Å². The summed E-state index contributed by atoms with van der Waals surface area (Å²) in [7, 11) is 0. The molecule has 0 saturated heterocycles. The van der Waals surface area contributed by atoms with E-state index in [1.807, 2.05) is 29.6 Å². The Morgan fingerprint density at radius 3 is 2.78 bits per heavy atom. The van der Waals surface area contributed by atoms with Gasteiger partial charge in [0.2, 0.25) is 5.91 Å². The topological polar surface area (TPSA) is 38.3 Å². The number of hydrogen-bond acceptors (Lipinski definition) is 3. The summed E-state index contributed by atoms with van der Waals surface area (Å²) in [6.45, 7) is 4.11. The van der Waals surface area contributed by atoms with E-state index in [1.54, 1.807) is 29.5 Å². The van der Waals surface area contributed by atoms with Crippen LogP contribution in [-0.2, 0) is 4.79 Å². The lowest BCUT2D eigenvalue weighted by Crippen LogP contribution is -2.22. The molecule has 1 aliphatic heterocycles. The first-order chi connectivity index (χ1) is 13.2. The van der Waals surface area contributed by atoms with Crippen molar-refractivity contribution in [2.75, 3.05) is 11.9 Å². The van der Waals surface area contributed by atoms with Gasteiger partial charge in [0.05, 0.1) is 5.69 Å². The third-order valence-corrected chi connectivity index (χ3v) is 5.69. The number of rotatable bonds is 5. The predicted octanol–water partition coefficient (Wildman–Crippen LogP) is 5.59. The number of thiophene rings is 1. The van der Waals surface area contributed by atoms with Crippen molar-refractivity contribution in [2.24, 2.45) is 0 Å². The van der Waals surface area contributed by atoms with Crippen LogP contribution in [0.3, 0.4) is 0 Å². The lowest BCUT2D eigenvalue weighted by Gasteiger charge is -2.25. The lowest BCUT2D eigenvalue weighted by atomic mass is 9.88. The average molecular weight is 379 g/mol. The van der Waals surface area contributed by atoms with E-state index in [2.05, 4.69) is 11.9 Å². The fourth-order valence-corrected chi connectivity index (χ4v) is 4.52. The Morgan fingerprint density at radius 2 is 2.00 bits per heavy atom. The number of halogens is 1. The summed E-state index contributed by atoms with van der Waals surface area (Å²) in [5.41, 5.74) is 3.60. The standard InChI is InChI=1S/C22H18FNO2S/c1-2-11-26-19-6-4-3-5-16(19)17-12-20(25)24-21-18(13-27-22(17)21)14-7-9-15(23)10-8-14/h2-10,13,17H,1,11-12H2,(H,24,25). The number of nitrogens with one attached hydrogen (secondary N) is 1. The zero-order chi connectivity index (χ0) is 18.8. The summed E-state index contributed by atoms with van der Waals surface area (Å²) in [5, 5.41) is 5.02. The number of carbonyl (C=O) groups is 1. The molecular formula is C22H18FNO2S. The molecule has 0 radical (unpaired) electrons. The van der Waals surface area contributed by atoms with Crippen molar-refractivity contribution in [1.29, 1.82) is 0 Å². The fourth-order valence-electron chi connectivity index (χ4n) is 3.37. The molecule has 1 N–H and O–H groups in total. The molecule has 0 spiro atoms. The summed E-state index contributed by atoms with van der Waals surface area (Å²) in [4.78, 5) is 13.5. The molecule has 1 aliphatic rings. The number of ether oxygens (including phenoxy) is 1. The molecule has 136 valence electrons. The highest BCUT2D eigenvalue weighted by atomic mass is 32.1. The van der Waals surface area contributed by atoms with Gasteiger partial charge in [-0.25, -0.2) is 4.39 Å². The molecule has 4 rings (SSSR count). The van der Waals surface area contributed by atoms with Gasteiger partial charge < -0.3 is 10.1 Å². The number of hydrogen-bond donors (Lipinski definition) is 1. The molecule has 1 atom stereocenters. The van der Waals surface area contributed by atoms with Crippen molar-refractivity contribution in [1.82, 2.24) is 0 Å². The van der Waals surface area contributed by atoms with Crippen molar-refractivity contribution in [3.05, 3.63) is 82.8 Å². The first kappa shape index (κ1) is 17.5. The van der Waals surface area contributed by atoms with Crippen LogP contribution in [0.4, 0.5) is 10.1 Å². The Labute approximate surface area is 161 Å². The monoisotopic (exact) mass is 379 g/mol. The van der Waals surface area contributed by atoms with E-state index in [-0.39, 0.29) is 17.6 Å². The number of amides is 1. The zero-order valence-electron chi connectivity index (χ0n) is 14.6. The SMILES string of the molecule is C=CCOc1ccccc1C1CC(=O)Nc2c(-c3ccc(F)cc3)csc21. The van der Waals surface area contributed by atoms with Gasteiger partial charge in [0, 0.05) is 33.7 Å². The average Bonchev–Trinajstić information content (AvgIpc) is 3.10. The van der Waals surface area contributed by atoms with E-state index in [0.29, 0.717) is 13.0 Å². The van der Waals surface area contributed by atoms with Gasteiger partial charge in [-0.05, 0) is 23.8 Å². The molecule has 1 unspecified atom stereocenters. The smallest absolute Gasteiger partial charge is 0.225 e. The summed E-state index contributed by atoms with van der Waals surface area (Å²) in [6.07, 6.45) is 2.07. The predicted molar refractivity (Wildman–Crippen MR) is 107 cm³/mol. The first-order valence-electron chi connectivity index (χ1n) is 8.67. The van der Waals surface area contributed by atoms with Crippen LogP contribution >= 0.6 is 11.3 Å². The van der Waals surface area contributed by atoms with Gasteiger partial charge in [-0.15, -0.1) is 11.3 Å². The van der Waals surface area contributed by atoms with Gasteiger partial charge in [0.15, 0.2) is 0 Å². The van der Waals surface area contributed by atoms with Crippen LogP contribution in [-0.4, -0.2) is 12.5 Å². The van der Waals surface area contributed by atoms with Crippen LogP contribution in [0, 0.1) is 5.82 Å². The number of anilines is 1. The summed E-state index contributed by atoms with van der Waals surface area (Å²) in [5.74, 6) is 0.375. The molecule has 0 fully saturated rings. The Bertz CT molecular complexity index is 994. The maximum absolute atomic E-state index is 13.3. The third-order valence-electron chi connectivity index (χ3n) is 4.60. The maximum Gasteiger partial charge on any atom is 0.225 e. The highest BCUT2D eigenvalue weighted by Gasteiger charge is 2.32. The molecule has 1 aromatic heterocycles. The lowest BCUT2D eigenvalue weighted by molar-refractivity contribution is -0.116. The van der Waals surface area contributed by atoms with Crippen molar-refractivity contribution >= 4 is 22.9 Å². The van der Waals surface area contributed by atoms with E-state index in [0.717, 1.165) is 33.0 Å².